The summed E-state index contributed by atoms with van der Waals surface area (Å²) in [6.45, 7) is 4.02. The van der Waals surface area contributed by atoms with Crippen LogP contribution in [0.2, 0.25) is 5.02 Å². The highest BCUT2D eigenvalue weighted by Gasteiger charge is 2.24. The van der Waals surface area contributed by atoms with Gasteiger partial charge in [-0.2, -0.15) is 4.98 Å². The van der Waals surface area contributed by atoms with E-state index in [1.807, 2.05) is 37.4 Å². The molecule has 0 bridgehead atoms. The van der Waals surface area contributed by atoms with E-state index in [4.69, 9.17) is 20.9 Å². The molecule has 0 N–H and O–H groups in total. The Bertz CT molecular complexity index is 911. The van der Waals surface area contributed by atoms with Crippen LogP contribution in [0.5, 0.6) is 5.75 Å². The first-order valence-corrected chi connectivity index (χ1v) is 9.78. The van der Waals surface area contributed by atoms with Crippen LogP contribution in [0.25, 0.3) is 10.7 Å². The van der Waals surface area contributed by atoms with Crippen molar-refractivity contribution >= 4 is 28.8 Å². The van der Waals surface area contributed by atoms with E-state index in [0.717, 1.165) is 10.4 Å². The largest absolute Gasteiger partial charge is 0.481 e. The van der Waals surface area contributed by atoms with E-state index >= 15 is 0 Å². The van der Waals surface area contributed by atoms with Crippen molar-refractivity contribution in [2.45, 2.75) is 32.9 Å². The zero-order chi connectivity index (χ0) is 19.4. The molecule has 142 valence electrons. The third kappa shape index (κ3) is 4.67. The van der Waals surface area contributed by atoms with Gasteiger partial charge in [-0.3, -0.25) is 4.79 Å². The van der Waals surface area contributed by atoms with Gasteiger partial charge in [0.25, 0.3) is 5.91 Å². The smallest absolute Gasteiger partial charge is 0.263 e. The molecule has 0 saturated heterocycles. The Kier molecular flexibility index (Phi) is 6.13. The Morgan fingerprint density at radius 3 is 2.89 bits per heavy atom. The number of hydrogen-bond acceptors (Lipinski definition) is 6. The van der Waals surface area contributed by atoms with Crippen molar-refractivity contribution in [3.05, 3.63) is 52.2 Å². The van der Waals surface area contributed by atoms with Gasteiger partial charge in [0.15, 0.2) is 6.10 Å². The van der Waals surface area contributed by atoms with E-state index in [1.165, 1.54) is 16.2 Å². The lowest BCUT2D eigenvalue weighted by molar-refractivity contribution is -0.138. The number of thiophene rings is 1. The van der Waals surface area contributed by atoms with Crippen molar-refractivity contribution in [2.75, 3.05) is 7.05 Å². The number of ether oxygens (including phenoxy) is 1. The van der Waals surface area contributed by atoms with Gasteiger partial charge in [0.2, 0.25) is 11.7 Å². The number of likely N-dealkylation sites (N-methyl/N-ethyl adjacent to an activating group) is 1. The molecule has 0 saturated carbocycles. The molecule has 0 aliphatic heterocycles. The topological polar surface area (TPSA) is 68.5 Å². The lowest BCUT2D eigenvalue weighted by atomic mass is 10.2. The van der Waals surface area contributed by atoms with Crippen LogP contribution in [0.3, 0.4) is 0 Å². The first-order chi connectivity index (χ1) is 13.0. The highest BCUT2D eigenvalue weighted by atomic mass is 35.5. The first-order valence-electron chi connectivity index (χ1n) is 8.52. The van der Waals surface area contributed by atoms with Gasteiger partial charge in [-0.25, -0.2) is 0 Å². The number of carbonyl (C=O) groups is 1. The Labute approximate surface area is 166 Å². The second kappa shape index (κ2) is 8.54. The highest BCUT2D eigenvalue weighted by Crippen LogP contribution is 2.24. The fourth-order valence-electron chi connectivity index (χ4n) is 2.51. The summed E-state index contributed by atoms with van der Waals surface area (Å²) < 4.78 is 11.1. The SMILES string of the molecule is CC[C@H](Oc1ccc(Cl)c(C)c1)C(=O)N(C)Cc1nc(-c2cccs2)no1. The van der Waals surface area contributed by atoms with Crippen molar-refractivity contribution in [2.24, 2.45) is 0 Å². The summed E-state index contributed by atoms with van der Waals surface area (Å²) in [5.74, 6) is 1.37. The molecular formula is C19H20ClN3O3S. The van der Waals surface area contributed by atoms with Crippen LogP contribution in [0.1, 0.15) is 24.8 Å². The van der Waals surface area contributed by atoms with Crippen molar-refractivity contribution < 1.29 is 14.1 Å². The van der Waals surface area contributed by atoms with Gasteiger partial charge in [-0.15, -0.1) is 11.3 Å². The molecule has 0 unspecified atom stereocenters. The van der Waals surface area contributed by atoms with Gasteiger partial charge < -0.3 is 14.2 Å². The number of rotatable bonds is 7. The molecule has 1 aromatic carbocycles. The van der Waals surface area contributed by atoms with Gasteiger partial charge in [-0.05, 0) is 48.6 Å². The molecule has 6 nitrogen and oxygen atoms in total. The fourth-order valence-corrected chi connectivity index (χ4v) is 3.28. The molecule has 1 amide bonds. The molecule has 2 heterocycles. The van der Waals surface area contributed by atoms with Crippen LogP contribution in [-0.4, -0.2) is 34.1 Å². The van der Waals surface area contributed by atoms with Crippen molar-refractivity contribution in [1.82, 2.24) is 15.0 Å². The molecule has 2 aromatic heterocycles. The number of aryl methyl sites for hydroxylation is 1. The van der Waals surface area contributed by atoms with Gasteiger partial charge >= 0.3 is 0 Å². The Morgan fingerprint density at radius 2 is 2.22 bits per heavy atom. The minimum Gasteiger partial charge on any atom is -0.481 e. The van der Waals surface area contributed by atoms with Crippen molar-refractivity contribution in [1.29, 1.82) is 0 Å². The zero-order valence-corrected chi connectivity index (χ0v) is 16.9. The van der Waals surface area contributed by atoms with Crippen LogP contribution < -0.4 is 4.74 Å². The van der Waals surface area contributed by atoms with E-state index in [9.17, 15) is 4.79 Å². The maximum atomic E-state index is 12.8. The van der Waals surface area contributed by atoms with E-state index in [1.54, 1.807) is 19.2 Å². The molecule has 0 fully saturated rings. The highest BCUT2D eigenvalue weighted by molar-refractivity contribution is 7.13. The van der Waals surface area contributed by atoms with Gasteiger partial charge in [0.05, 0.1) is 11.4 Å². The number of hydrogen-bond donors (Lipinski definition) is 0. The lowest BCUT2D eigenvalue weighted by Gasteiger charge is -2.23. The van der Waals surface area contributed by atoms with E-state index < -0.39 is 6.10 Å². The maximum Gasteiger partial charge on any atom is 0.263 e. The molecule has 27 heavy (non-hydrogen) atoms. The molecule has 0 aliphatic rings. The van der Waals surface area contributed by atoms with Crippen LogP contribution in [0, 0.1) is 6.92 Å². The normalized spacial score (nSPS) is 12.0. The maximum absolute atomic E-state index is 12.8. The van der Waals surface area contributed by atoms with E-state index in [2.05, 4.69) is 10.1 Å². The van der Waals surface area contributed by atoms with Gasteiger partial charge in [0, 0.05) is 12.1 Å². The van der Waals surface area contributed by atoms with E-state index in [0.29, 0.717) is 28.9 Å². The molecule has 1 atom stereocenters. The predicted octanol–water partition coefficient (Wildman–Crippen LogP) is 4.58. The average Bonchev–Trinajstić information content (AvgIpc) is 3.33. The summed E-state index contributed by atoms with van der Waals surface area (Å²) in [5.41, 5.74) is 0.900. The summed E-state index contributed by atoms with van der Waals surface area (Å²) in [7, 11) is 1.69. The summed E-state index contributed by atoms with van der Waals surface area (Å²) in [4.78, 5) is 19.6. The van der Waals surface area contributed by atoms with Crippen molar-refractivity contribution in [3.63, 3.8) is 0 Å². The number of amides is 1. The molecule has 0 radical (unpaired) electrons. The molecule has 0 aliphatic carbocycles. The molecular weight excluding hydrogens is 386 g/mol. The van der Waals surface area contributed by atoms with Crippen LogP contribution in [0.4, 0.5) is 0 Å². The Morgan fingerprint density at radius 1 is 1.41 bits per heavy atom. The average molecular weight is 406 g/mol. The molecule has 0 spiro atoms. The number of aromatic nitrogens is 2. The zero-order valence-electron chi connectivity index (χ0n) is 15.3. The standard InChI is InChI=1S/C19H20ClN3O3S/c1-4-15(25-13-7-8-14(20)12(2)10-13)19(24)23(3)11-17-21-18(22-26-17)16-6-5-9-27-16/h5-10,15H,4,11H2,1-3H3/t15-/m0/s1. The fraction of sp³-hybridized carbons (Fsp3) is 0.316. The molecule has 3 rings (SSSR count). The van der Waals surface area contributed by atoms with Crippen LogP contribution >= 0.6 is 22.9 Å². The summed E-state index contributed by atoms with van der Waals surface area (Å²) in [6, 6.07) is 9.19. The van der Waals surface area contributed by atoms with Crippen LogP contribution in [-0.2, 0) is 11.3 Å². The van der Waals surface area contributed by atoms with E-state index in [-0.39, 0.29) is 12.5 Å². The number of benzene rings is 1. The molecule has 8 heteroatoms. The van der Waals surface area contributed by atoms with Crippen molar-refractivity contribution in [3.8, 4) is 16.5 Å². The second-order valence-corrected chi connectivity index (χ2v) is 7.46. The number of halogens is 1. The quantitative estimate of drug-likeness (QED) is 0.575. The third-order valence-electron chi connectivity index (χ3n) is 4.01. The van der Waals surface area contributed by atoms with Gasteiger partial charge in [-0.1, -0.05) is 29.7 Å². The monoisotopic (exact) mass is 405 g/mol. The number of nitrogens with zero attached hydrogens (tertiary/aromatic N) is 3. The lowest BCUT2D eigenvalue weighted by Crippen LogP contribution is -2.39. The first kappa shape index (κ1) is 19.4. The predicted molar refractivity (Wildman–Crippen MR) is 105 cm³/mol. The molecule has 3 aromatic rings. The summed E-state index contributed by atoms with van der Waals surface area (Å²) in [6.07, 6.45) is -0.0648. The van der Waals surface area contributed by atoms with Crippen LogP contribution in [0.15, 0.2) is 40.2 Å². The summed E-state index contributed by atoms with van der Waals surface area (Å²) >= 11 is 7.57. The van der Waals surface area contributed by atoms with Gasteiger partial charge in [0.1, 0.15) is 5.75 Å². The minimum atomic E-state index is -0.602. The summed E-state index contributed by atoms with van der Waals surface area (Å²) in [5, 5.41) is 6.58. The Balaban J connectivity index is 1.65. The Hall–Kier alpha value is -2.38. The number of carbonyl (C=O) groups excluding carboxylic acids is 1. The second-order valence-electron chi connectivity index (χ2n) is 6.11. The third-order valence-corrected chi connectivity index (χ3v) is 5.30. The minimum absolute atomic E-state index is 0.152.